The maximum absolute atomic E-state index is 2.81. The van der Waals surface area contributed by atoms with Crippen LogP contribution in [0.25, 0.3) is 0 Å². The molecular formula is C36H63Y-. The Bertz CT molecular complexity index is 910. The van der Waals surface area contributed by atoms with Crippen molar-refractivity contribution in [2.75, 3.05) is 0 Å². The van der Waals surface area contributed by atoms with Gasteiger partial charge in [-0.05, 0) is 70.5 Å². The Morgan fingerprint density at radius 3 is 1.81 bits per heavy atom. The van der Waals surface area contributed by atoms with Crippen molar-refractivity contribution in [3.8, 4) is 0 Å². The Hall–Kier alpha value is 1.10. The molecule has 5 saturated carbocycles. The monoisotopic (exact) mass is 584 g/mol. The molecule has 0 aliphatic heterocycles. The van der Waals surface area contributed by atoms with E-state index in [1.54, 1.807) is 0 Å². The van der Waals surface area contributed by atoms with E-state index in [1.165, 1.54) is 51.4 Å². The number of hydrogen-bond acceptors (Lipinski definition) is 0. The Morgan fingerprint density at radius 2 is 1.22 bits per heavy atom. The smallest absolute Gasteiger partial charge is 0 e. The maximum Gasteiger partial charge on any atom is 0 e. The van der Waals surface area contributed by atoms with Crippen LogP contribution in [-0.4, -0.2) is 0 Å². The van der Waals surface area contributed by atoms with Gasteiger partial charge in [-0.2, -0.15) is 11.8 Å². The second-order valence-corrected chi connectivity index (χ2v) is 18.6. The van der Waals surface area contributed by atoms with Crippen LogP contribution in [0.5, 0.6) is 0 Å². The largest absolute Gasteiger partial charge is 0.301 e. The average molecular weight is 585 g/mol. The van der Waals surface area contributed by atoms with Crippen molar-refractivity contribution < 1.29 is 32.7 Å². The summed E-state index contributed by atoms with van der Waals surface area (Å²) in [7, 11) is 0. The van der Waals surface area contributed by atoms with Gasteiger partial charge in [-0.3, -0.25) is 0 Å². The standard InChI is InChI=1S/C36H63.Y/c1-23-21-27-33(11)17-15-24(2)30(5,6)26(33)16-18-35(27,13)36(14)20-19-34(12)25(28(23)36)22-29(3,4)31(7,8)32(34,9)10;/h23-27H,15-22H2,1-14H3;/q-1;. The van der Waals surface area contributed by atoms with E-state index in [4.69, 9.17) is 0 Å². The number of rotatable bonds is 0. The average Bonchev–Trinajstić information content (AvgIpc) is 2.74. The normalized spacial score (nSPS) is 53.5. The van der Waals surface area contributed by atoms with E-state index < -0.39 is 0 Å². The van der Waals surface area contributed by atoms with Gasteiger partial charge < -0.3 is 5.92 Å². The van der Waals surface area contributed by atoms with Gasteiger partial charge in [-0.25, -0.2) is 0 Å². The third-order valence-corrected chi connectivity index (χ3v) is 17.3. The molecule has 37 heavy (non-hydrogen) atoms. The summed E-state index contributed by atoms with van der Waals surface area (Å²) in [6.45, 7) is 37.3. The van der Waals surface area contributed by atoms with Crippen molar-refractivity contribution in [2.24, 2.45) is 72.9 Å². The van der Waals surface area contributed by atoms with Gasteiger partial charge in [0.1, 0.15) is 0 Å². The summed E-state index contributed by atoms with van der Waals surface area (Å²) in [6, 6.07) is 0. The van der Waals surface area contributed by atoms with Gasteiger partial charge in [0.2, 0.25) is 0 Å². The molecule has 5 aliphatic carbocycles. The van der Waals surface area contributed by atoms with Crippen molar-refractivity contribution in [1.29, 1.82) is 0 Å². The van der Waals surface area contributed by atoms with E-state index in [-0.39, 0.29) is 32.7 Å². The predicted octanol–water partition coefficient (Wildman–Crippen LogP) is 11.0. The van der Waals surface area contributed by atoms with Crippen LogP contribution >= 0.6 is 0 Å². The molecule has 5 fully saturated rings. The van der Waals surface area contributed by atoms with Gasteiger partial charge in [-0.1, -0.05) is 133 Å². The zero-order chi connectivity index (χ0) is 27.1. The number of fused-ring (bicyclic) bond motifs is 7. The van der Waals surface area contributed by atoms with Gasteiger partial charge >= 0.3 is 0 Å². The molecule has 0 aromatic heterocycles. The van der Waals surface area contributed by atoms with E-state index in [1.807, 2.05) is 5.92 Å². The van der Waals surface area contributed by atoms with E-state index in [0.29, 0.717) is 43.3 Å². The van der Waals surface area contributed by atoms with E-state index in [9.17, 15) is 0 Å². The molecule has 0 saturated heterocycles. The number of hydrogen-bond donors (Lipinski definition) is 0. The summed E-state index contributed by atoms with van der Waals surface area (Å²) in [5, 5.41) is 0. The van der Waals surface area contributed by atoms with Crippen LogP contribution in [0.15, 0.2) is 0 Å². The molecule has 0 nitrogen and oxygen atoms in total. The minimum atomic E-state index is 0. The Kier molecular flexibility index (Phi) is 7.20. The summed E-state index contributed by atoms with van der Waals surface area (Å²) in [4.78, 5) is 0. The molecule has 9 unspecified atom stereocenters. The predicted molar refractivity (Wildman–Crippen MR) is 157 cm³/mol. The van der Waals surface area contributed by atoms with Gasteiger partial charge in [0.15, 0.2) is 0 Å². The third-order valence-electron chi connectivity index (χ3n) is 17.3. The van der Waals surface area contributed by atoms with Crippen molar-refractivity contribution in [3.63, 3.8) is 0 Å². The molecule has 0 amide bonds. The van der Waals surface area contributed by atoms with Crippen molar-refractivity contribution >= 4 is 0 Å². The van der Waals surface area contributed by atoms with Crippen molar-refractivity contribution in [2.45, 2.75) is 148 Å². The first-order valence-electron chi connectivity index (χ1n) is 16.0. The fourth-order valence-electron chi connectivity index (χ4n) is 12.9. The summed E-state index contributed by atoms with van der Waals surface area (Å²) >= 11 is 0. The van der Waals surface area contributed by atoms with Crippen LogP contribution in [0.3, 0.4) is 0 Å². The first kappa shape index (κ1) is 31.0. The van der Waals surface area contributed by atoms with Gasteiger partial charge in [0.05, 0.1) is 0 Å². The van der Waals surface area contributed by atoms with Gasteiger partial charge in [0, 0.05) is 32.7 Å². The SMILES string of the molecule is CC1CC2C3(C)CCC(C)C(C)(C)C3CCC2(C)C2(C)CCC3(C)C(CC(C)(C)C(C)(C)C3(C)C)[C-]12.[Y]. The fourth-order valence-corrected chi connectivity index (χ4v) is 12.9. The zero-order valence-electron chi connectivity index (χ0n) is 27.6. The Morgan fingerprint density at radius 1 is 0.622 bits per heavy atom. The molecule has 211 valence electrons. The molecule has 1 heteroatoms. The van der Waals surface area contributed by atoms with E-state index in [0.717, 1.165) is 29.6 Å². The molecular weight excluding hydrogens is 521 g/mol. The molecule has 5 rings (SSSR count). The minimum absolute atomic E-state index is 0. The molecule has 0 spiro atoms. The quantitative estimate of drug-likeness (QED) is 0.249. The summed E-state index contributed by atoms with van der Waals surface area (Å²) in [6.07, 6.45) is 11.5. The van der Waals surface area contributed by atoms with Gasteiger partial charge in [-0.15, -0.1) is 5.41 Å². The van der Waals surface area contributed by atoms with Crippen LogP contribution < -0.4 is 0 Å². The Labute approximate surface area is 258 Å². The third kappa shape index (κ3) is 3.45. The zero-order valence-corrected chi connectivity index (χ0v) is 30.5. The van der Waals surface area contributed by atoms with Crippen LogP contribution in [0.2, 0.25) is 0 Å². The summed E-state index contributed by atoms with van der Waals surface area (Å²) in [5.41, 5.74) is 3.27. The molecule has 1 radical (unpaired) electrons. The molecule has 0 aromatic rings. The molecule has 0 bridgehead atoms. The fraction of sp³-hybridized carbons (Fsp3) is 0.972. The molecule has 5 aliphatic rings. The van der Waals surface area contributed by atoms with Crippen LogP contribution in [0.1, 0.15) is 148 Å². The van der Waals surface area contributed by atoms with Crippen molar-refractivity contribution in [1.82, 2.24) is 0 Å². The minimum Gasteiger partial charge on any atom is -0.301 e. The first-order chi connectivity index (χ1) is 16.2. The topological polar surface area (TPSA) is 0 Å². The summed E-state index contributed by atoms with van der Waals surface area (Å²) < 4.78 is 0. The van der Waals surface area contributed by atoms with Gasteiger partial charge in [0.25, 0.3) is 0 Å². The van der Waals surface area contributed by atoms with Crippen molar-refractivity contribution in [3.05, 3.63) is 5.92 Å². The molecule has 9 atom stereocenters. The molecule has 0 N–H and O–H groups in total. The Balaban J connectivity index is 0.00000320. The second kappa shape index (κ2) is 8.57. The van der Waals surface area contributed by atoms with E-state index >= 15 is 0 Å². The van der Waals surface area contributed by atoms with Crippen LogP contribution in [0.4, 0.5) is 0 Å². The molecule has 0 heterocycles. The summed E-state index contributed by atoms with van der Waals surface area (Å²) in [5.74, 6) is 6.22. The molecule has 0 aromatic carbocycles. The van der Waals surface area contributed by atoms with Crippen LogP contribution in [0, 0.1) is 78.8 Å². The first-order valence-corrected chi connectivity index (χ1v) is 16.0. The van der Waals surface area contributed by atoms with E-state index in [2.05, 4.69) is 96.9 Å². The van der Waals surface area contributed by atoms with Crippen LogP contribution in [-0.2, 0) is 32.7 Å². The maximum atomic E-state index is 2.81. The second-order valence-electron chi connectivity index (χ2n) is 18.6.